The number of ether oxygens (including phenoxy) is 2. The lowest BCUT2D eigenvalue weighted by molar-refractivity contribution is -0.274. The molecule has 0 radical (unpaired) electrons. The van der Waals surface area contributed by atoms with Crippen molar-refractivity contribution in [2.45, 2.75) is 63.5 Å². The minimum absolute atomic E-state index is 0.156. The molecule has 1 saturated carbocycles. The SMILES string of the molecule is CC(C)(C)OC(=O)C1CCC[C@]2(C=C(c3cc(-n4cccn4)ccc3OC(F)(F)F)NO2)[C@@H]1c1ccccc1. The molecule has 2 heterocycles. The average molecular weight is 542 g/mol. The Kier molecular flexibility index (Phi) is 6.92. The van der Waals surface area contributed by atoms with Gasteiger partial charge in [-0.1, -0.05) is 30.3 Å². The summed E-state index contributed by atoms with van der Waals surface area (Å²) in [5.74, 6) is -1.66. The van der Waals surface area contributed by atoms with E-state index >= 15 is 0 Å². The predicted molar refractivity (Wildman–Crippen MR) is 138 cm³/mol. The molecule has 0 saturated heterocycles. The topological polar surface area (TPSA) is 74.6 Å². The van der Waals surface area contributed by atoms with Gasteiger partial charge < -0.3 is 9.47 Å². The average Bonchev–Trinajstić information content (AvgIpc) is 3.54. The van der Waals surface area contributed by atoms with Crippen LogP contribution in [-0.2, 0) is 14.4 Å². The lowest BCUT2D eigenvalue weighted by atomic mass is 9.65. The quantitative estimate of drug-likeness (QED) is 0.382. The molecular formula is C29H30F3N3O4. The van der Waals surface area contributed by atoms with Crippen LogP contribution in [0.3, 0.4) is 0 Å². The molecule has 206 valence electrons. The van der Waals surface area contributed by atoms with Gasteiger partial charge in [-0.15, -0.1) is 13.2 Å². The van der Waals surface area contributed by atoms with E-state index in [1.165, 1.54) is 12.1 Å². The number of benzene rings is 2. The van der Waals surface area contributed by atoms with Gasteiger partial charge in [0, 0.05) is 23.9 Å². The largest absolute Gasteiger partial charge is 0.573 e. The van der Waals surface area contributed by atoms with E-state index in [1.807, 2.05) is 51.1 Å². The van der Waals surface area contributed by atoms with Gasteiger partial charge >= 0.3 is 12.3 Å². The highest BCUT2D eigenvalue weighted by molar-refractivity contribution is 5.77. The maximum atomic E-state index is 13.4. The van der Waals surface area contributed by atoms with Crippen LogP contribution in [0.5, 0.6) is 5.75 Å². The molecule has 1 aromatic heterocycles. The van der Waals surface area contributed by atoms with Crippen molar-refractivity contribution in [1.82, 2.24) is 15.3 Å². The number of halogens is 3. The maximum Gasteiger partial charge on any atom is 0.573 e. The first-order valence-electron chi connectivity index (χ1n) is 12.8. The van der Waals surface area contributed by atoms with Crippen molar-refractivity contribution in [3.05, 3.63) is 84.2 Å². The summed E-state index contributed by atoms with van der Waals surface area (Å²) >= 11 is 0. The van der Waals surface area contributed by atoms with Gasteiger partial charge in [-0.2, -0.15) is 5.10 Å². The second-order valence-electron chi connectivity index (χ2n) is 10.8. The number of hydroxylamine groups is 1. The number of nitrogens with zero attached hydrogens (tertiary/aromatic N) is 2. The van der Waals surface area contributed by atoms with Crippen LogP contribution >= 0.6 is 0 Å². The Balaban J connectivity index is 1.60. The zero-order chi connectivity index (χ0) is 27.8. The Morgan fingerprint density at radius 2 is 1.90 bits per heavy atom. The lowest BCUT2D eigenvalue weighted by Gasteiger charge is -2.43. The number of nitrogens with one attached hydrogen (secondary N) is 1. The van der Waals surface area contributed by atoms with Gasteiger partial charge in [0.2, 0.25) is 0 Å². The standard InChI is InChI=1S/C29H30F3N3O4/c1-27(2,3)38-26(36)21-11-7-14-28(25(21)19-9-5-4-6-10-19)18-23(34-39-28)22-17-20(35-16-8-15-33-35)12-13-24(22)37-29(30,31)32/h4-6,8-10,12-13,15-18,21,25,34H,7,11,14H2,1-3H3/t21?,25-,28+/m1/s1. The highest BCUT2D eigenvalue weighted by Gasteiger charge is 2.52. The molecule has 5 rings (SSSR count). The van der Waals surface area contributed by atoms with E-state index in [9.17, 15) is 18.0 Å². The molecule has 0 bridgehead atoms. The van der Waals surface area contributed by atoms with Crippen LogP contribution in [-0.4, -0.2) is 33.3 Å². The van der Waals surface area contributed by atoms with E-state index in [0.29, 0.717) is 30.6 Å². The van der Waals surface area contributed by atoms with Crippen LogP contribution in [0.2, 0.25) is 0 Å². The van der Waals surface area contributed by atoms with E-state index in [4.69, 9.17) is 9.57 Å². The molecule has 1 aliphatic heterocycles. The Hall–Kier alpha value is -3.79. The first-order valence-corrected chi connectivity index (χ1v) is 12.8. The Labute approximate surface area is 224 Å². The summed E-state index contributed by atoms with van der Waals surface area (Å²) in [7, 11) is 0. The van der Waals surface area contributed by atoms with Gasteiger partial charge in [-0.3, -0.25) is 15.1 Å². The normalized spacial score (nSPS) is 23.3. The number of hydrogen-bond acceptors (Lipinski definition) is 6. The monoisotopic (exact) mass is 541 g/mol. The summed E-state index contributed by atoms with van der Waals surface area (Å²) in [6, 6.07) is 15.6. The second-order valence-corrected chi connectivity index (χ2v) is 10.8. The Morgan fingerprint density at radius 3 is 2.56 bits per heavy atom. The summed E-state index contributed by atoms with van der Waals surface area (Å²) in [4.78, 5) is 19.6. The van der Waals surface area contributed by atoms with Crippen molar-refractivity contribution < 1.29 is 32.3 Å². The van der Waals surface area contributed by atoms with Crippen molar-refractivity contribution >= 4 is 11.7 Å². The minimum Gasteiger partial charge on any atom is -0.460 e. The zero-order valence-corrected chi connectivity index (χ0v) is 21.9. The second kappa shape index (κ2) is 10.1. The maximum absolute atomic E-state index is 13.4. The van der Waals surface area contributed by atoms with Crippen LogP contribution in [0.1, 0.15) is 57.1 Å². The molecular weight excluding hydrogens is 511 g/mol. The summed E-state index contributed by atoms with van der Waals surface area (Å²) < 4.78 is 51.7. The zero-order valence-electron chi connectivity index (χ0n) is 21.9. The van der Waals surface area contributed by atoms with E-state index < -0.39 is 29.4 Å². The lowest BCUT2D eigenvalue weighted by Crippen LogP contribution is -2.47. The molecule has 1 fully saturated rings. The van der Waals surface area contributed by atoms with Gasteiger partial charge in [0.1, 0.15) is 17.0 Å². The molecule has 10 heteroatoms. The third-order valence-corrected chi connectivity index (χ3v) is 6.87. The van der Waals surface area contributed by atoms with Crippen LogP contribution in [0.25, 0.3) is 11.4 Å². The van der Waals surface area contributed by atoms with E-state index in [1.54, 1.807) is 35.3 Å². The molecule has 3 atom stereocenters. The van der Waals surface area contributed by atoms with Gasteiger partial charge in [0.15, 0.2) is 0 Å². The van der Waals surface area contributed by atoms with Gasteiger partial charge in [-0.25, -0.2) is 4.68 Å². The van der Waals surface area contributed by atoms with E-state index in [-0.39, 0.29) is 17.3 Å². The van der Waals surface area contributed by atoms with Crippen LogP contribution in [0.4, 0.5) is 13.2 Å². The highest BCUT2D eigenvalue weighted by atomic mass is 19.4. The summed E-state index contributed by atoms with van der Waals surface area (Å²) in [5, 5.41) is 4.18. The first kappa shape index (κ1) is 26.8. The van der Waals surface area contributed by atoms with E-state index in [2.05, 4.69) is 15.3 Å². The molecule has 1 unspecified atom stereocenters. The Morgan fingerprint density at radius 1 is 1.13 bits per heavy atom. The molecule has 2 aromatic carbocycles. The summed E-state index contributed by atoms with van der Waals surface area (Å²) in [6.07, 6.45) is 1.98. The molecule has 1 N–H and O–H groups in total. The summed E-state index contributed by atoms with van der Waals surface area (Å²) in [5.41, 5.74) is 3.09. The molecule has 39 heavy (non-hydrogen) atoms. The molecule has 1 spiro atoms. The minimum atomic E-state index is -4.89. The van der Waals surface area contributed by atoms with Crippen LogP contribution < -0.4 is 10.2 Å². The highest BCUT2D eigenvalue weighted by Crippen LogP contribution is 2.51. The van der Waals surface area contributed by atoms with Crippen molar-refractivity contribution in [3.63, 3.8) is 0 Å². The van der Waals surface area contributed by atoms with Crippen LogP contribution in [0.15, 0.2) is 73.1 Å². The number of hydrogen-bond donors (Lipinski definition) is 1. The predicted octanol–water partition coefficient (Wildman–Crippen LogP) is 6.31. The van der Waals surface area contributed by atoms with Gasteiger partial charge in [-0.05, 0) is 75.9 Å². The smallest absolute Gasteiger partial charge is 0.460 e. The van der Waals surface area contributed by atoms with Crippen molar-refractivity contribution in [3.8, 4) is 11.4 Å². The molecule has 3 aromatic rings. The number of carbonyl (C=O) groups is 1. The van der Waals surface area contributed by atoms with E-state index in [0.717, 1.165) is 5.56 Å². The first-order chi connectivity index (χ1) is 18.4. The van der Waals surface area contributed by atoms with Gasteiger partial charge in [0.25, 0.3) is 0 Å². The molecule has 1 aliphatic carbocycles. The van der Waals surface area contributed by atoms with Gasteiger partial charge in [0.05, 0.1) is 17.3 Å². The third kappa shape index (κ3) is 5.80. The van der Waals surface area contributed by atoms with Crippen LogP contribution in [0, 0.1) is 5.92 Å². The number of esters is 1. The Bertz CT molecular complexity index is 1350. The number of rotatable bonds is 5. The van der Waals surface area contributed by atoms with Crippen molar-refractivity contribution in [2.75, 3.05) is 0 Å². The number of carbonyl (C=O) groups excluding carboxylic acids is 1. The fraction of sp³-hybridized carbons (Fsp3) is 0.379. The fourth-order valence-electron chi connectivity index (χ4n) is 5.44. The fourth-order valence-corrected chi connectivity index (χ4v) is 5.44. The molecule has 7 nitrogen and oxygen atoms in total. The molecule has 2 aliphatic rings. The van der Waals surface area contributed by atoms with Crippen molar-refractivity contribution in [2.24, 2.45) is 5.92 Å². The number of alkyl halides is 3. The molecule has 0 amide bonds. The number of aromatic nitrogens is 2. The van der Waals surface area contributed by atoms with Crippen molar-refractivity contribution in [1.29, 1.82) is 0 Å². The summed E-state index contributed by atoms with van der Waals surface area (Å²) in [6.45, 7) is 5.46. The third-order valence-electron chi connectivity index (χ3n) is 6.87.